The van der Waals surface area contributed by atoms with Gasteiger partial charge < -0.3 is 19.4 Å². The molecule has 1 fully saturated rings. The SMILES string of the molecule is CCCc1c(CC(=O)OC)c(C)c2c(=O)[nH]c(-c3cc(S(=O)(=O)N4CCN(C)CC4)ccc3OCC)nn12. The summed E-state index contributed by atoms with van der Waals surface area (Å²) in [6.07, 6.45) is 1.39. The van der Waals surface area contributed by atoms with Crippen LogP contribution in [0.4, 0.5) is 0 Å². The van der Waals surface area contributed by atoms with Crippen LogP contribution in [0.3, 0.4) is 0 Å². The lowest BCUT2D eigenvalue weighted by molar-refractivity contribution is -0.139. The van der Waals surface area contributed by atoms with Gasteiger partial charge in [-0.25, -0.2) is 12.9 Å². The first-order valence-corrected chi connectivity index (χ1v) is 14.2. The van der Waals surface area contributed by atoms with Crippen LogP contribution >= 0.6 is 0 Å². The van der Waals surface area contributed by atoms with Gasteiger partial charge in [0, 0.05) is 31.9 Å². The van der Waals surface area contributed by atoms with Crippen LogP contribution in [0.25, 0.3) is 16.9 Å². The van der Waals surface area contributed by atoms with Crippen molar-refractivity contribution in [2.24, 2.45) is 0 Å². The standard InChI is InChI=1S/C26H35N5O6S/c1-6-8-21-19(16-23(32)36-5)17(3)24-26(33)27-25(28-31(21)24)20-15-18(9-10-22(20)37-7-2)38(34,35)30-13-11-29(4)12-14-30/h9-10,15H,6-8,11-14,16H2,1-5H3,(H,27,28,33). The second-order valence-corrected chi connectivity index (χ2v) is 11.4. The minimum Gasteiger partial charge on any atom is -0.493 e. The zero-order chi connectivity index (χ0) is 27.6. The van der Waals surface area contributed by atoms with Crippen LogP contribution in [0.2, 0.25) is 0 Å². The summed E-state index contributed by atoms with van der Waals surface area (Å²) < 4.78 is 40.7. The van der Waals surface area contributed by atoms with Gasteiger partial charge in [0.15, 0.2) is 5.82 Å². The quantitative estimate of drug-likeness (QED) is 0.405. The number of ether oxygens (including phenoxy) is 2. The Hall–Kier alpha value is -3.22. The van der Waals surface area contributed by atoms with Crippen LogP contribution in [0, 0.1) is 6.92 Å². The second-order valence-electron chi connectivity index (χ2n) is 9.41. The Bertz CT molecular complexity index is 1500. The molecule has 0 aliphatic carbocycles. The lowest BCUT2D eigenvalue weighted by Crippen LogP contribution is -2.47. The topological polar surface area (TPSA) is 126 Å². The number of fused-ring (bicyclic) bond motifs is 1. The molecule has 206 valence electrons. The number of carbonyl (C=O) groups excluding carboxylic acids is 1. The molecule has 0 bridgehead atoms. The Labute approximate surface area is 222 Å². The average Bonchev–Trinajstić information content (AvgIpc) is 3.15. The summed E-state index contributed by atoms with van der Waals surface area (Å²) >= 11 is 0. The number of esters is 1. The van der Waals surface area contributed by atoms with Crippen molar-refractivity contribution >= 4 is 21.5 Å². The number of H-pyrrole nitrogens is 1. The number of rotatable bonds is 9. The predicted molar refractivity (Wildman–Crippen MR) is 143 cm³/mol. The lowest BCUT2D eigenvalue weighted by Gasteiger charge is -2.31. The van der Waals surface area contributed by atoms with Crippen LogP contribution in [0.5, 0.6) is 5.75 Å². The van der Waals surface area contributed by atoms with Crippen LogP contribution in [0.1, 0.15) is 37.1 Å². The minimum atomic E-state index is -3.76. The number of aryl methyl sites for hydroxylation is 2. The van der Waals surface area contributed by atoms with Gasteiger partial charge in [-0.05, 0) is 56.6 Å². The molecule has 0 radical (unpaired) electrons. The number of hydrogen-bond donors (Lipinski definition) is 1. The van der Waals surface area contributed by atoms with Crippen molar-refractivity contribution in [2.75, 3.05) is 46.9 Å². The molecule has 38 heavy (non-hydrogen) atoms. The van der Waals surface area contributed by atoms with E-state index in [4.69, 9.17) is 14.6 Å². The molecule has 0 amide bonds. The first-order valence-electron chi connectivity index (χ1n) is 12.8. The van der Waals surface area contributed by atoms with E-state index in [1.807, 2.05) is 20.9 Å². The number of piperazine rings is 1. The van der Waals surface area contributed by atoms with Gasteiger partial charge in [-0.2, -0.15) is 4.31 Å². The summed E-state index contributed by atoms with van der Waals surface area (Å²) in [6.45, 7) is 8.06. The second kappa shape index (κ2) is 11.3. The Morgan fingerprint density at radius 3 is 2.50 bits per heavy atom. The zero-order valence-corrected chi connectivity index (χ0v) is 23.4. The largest absolute Gasteiger partial charge is 0.493 e. The van der Waals surface area contributed by atoms with Gasteiger partial charge >= 0.3 is 5.97 Å². The number of aromatic amines is 1. The van der Waals surface area contributed by atoms with E-state index < -0.39 is 21.6 Å². The van der Waals surface area contributed by atoms with Crippen molar-refractivity contribution in [3.63, 3.8) is 0 Å². The third kappa shape index (κ3) is 5.20. The van der Waals surface area contributed by atoms with Crippen LogP contribution in [-0.2, 0) is 32.4 Å². The van der Waals surface area contributed by atoms with Crippen LogP contribution < -0.4 is 10.3 Å². The maximum atomic E-state index is 13.5. The molecule has 1 saturated heterocycles. The monoisotopic (exact) mass is 545 g/mol. The van der Waals surface area contributed by atoms with Gasteiger partial charge in [0.1, 0.15) is 11.3 Å². The number of sulfonamides is 1. The number of likely N-dealkylation sites (N-methyl/N-ethyl adjacent to an activating group) is 1. The van der Waals surface area contributed by atoms with E-state index in [0.717, 1.165) is 12.1 Å². The highest BCUT2D eigenvalue weighted by molar-refractivity contribution is 7.89. The molecule has 0 spiro atoms. The molecule has 1 N–H and O–H groups in total. The summed E-state index contributed by atoms with van der Waals surface area (Å²) in [7, 11) is -0.473. The van der Waals surface area contributed by atoms with E-state index >= 15 is 0 Å². The number of carbonyl (C=O) groups is 1. The Morgan fingerprint density at radius 1 is 1.16 bits per heavy atom. The van der Waals surface area contributed by atoms with Gasteiger partial charge in [0.05, 0.1) is 30.6 Å². The molecule has 0 unspecified atom stereocenters. The van der Waals surface area contributed by atoms with Gasteiger partial charge in [0.25, 0.3) is 5.56 Å². The molecule has 0 saturated carbocycles. The number of aromatic nitrogens is 3. The fourth-order valence-corrected chi connectivity index (χ4v) is 6.28. The molecular weight excluding hydrogens is 510 g/mol. The lowest BCUT2D eigenvalue weighted by atomic mass is 10.0. The predicted octanol–water partition coefficient (Wildman–Crippen LogP) is 2.00. The zero-order valence-electron chi connectivity index (χ0n) is 22.5. The Morgan fingerprint density at radius 2 is 1.87 bits per heavy atom. The van der Waals surface area contributed by atoms with Crippen molar-refractivity contribution in [3.05, 3.63) is 45.4 Å². The summed E-state index contributed by atoms with van der Waals surface area (Å²) in [4.78, 5) is 30.5. The number of benzene rings is 1. The highest BCUT2D eigenvalue weighted by atomic mass is 32.2. The van der Waals surface area contributed by atoms with Crippen molar-refractivity contribution in [1.29, 1.82) is 0 Å². The third-order valence-electron chi connectivity index (χ3n) is 6.91. The summed E-state index contributed by atoms with van der Waals surface area (Å²) in [5.74, 6) is 0.180. The van der Waals surface area contributed by atoms with Crippen LogP contribution in [-0.4, -0.2) is 85.1 Å². The van der Waals surface area contributed by atoms with E-state index in [2.05, 4.69) is 9.88 Å². The molecule has 1 aliphatic heterocycles. The molecule has 11 nitrogen and oxygen atoms in total. The number of nitrogens with one attached hydrogen (secondary N) is 1. The summed E-state index contributed by atoms with van der Waals surface area (Å²) in [5.41, 5.74) is 2.44. The van der Waals surface area contributed by atoms with E-state index in [1.54, 1.807) is 17.5 Å². The van der Waals surface area contributed by atoms with Gasteiger partial charge in [-0.1, -0.05) is 13.3 Å². The molecule has 4 rings (SSSR count). The van der Waals surface area contributed by atoms with E-state index in [0.29, 0.717) is 67.2 Å². The highest BCUT2D eigenvalue weighted by Crippen LogP contribution is 2.32. The Kier molecular flexibility index (Phi) is 8.24. The van der Waals surface area contributed by atoms with Crippen molar-refractivity contribution < 1.29 is 22.7 Å². The minimum absolute atomic E-state index is 0.0265. The smallest absolute Gasteiger partial charge is 0.310 e. The molecule has 3 heterocycles. The molecule has 2 aromatic heterocycles. The first-order chi connectivity index (χ1) is 18.1. The van der Waals surface area contributed by atoms with E-state index in [9.17, 15) is 18.0 Å². The molecule has 12 heteroatoms. The van der Waals surface area contributed by atoms with Gasteiger partial charge in [-0.3, -0.25) is 9.59 Å². The number of hydrogen-bond acceptors (Lipinski definition) is 8. The Balaban J connectivity index is 1.89. The maximum Gasteiger partial charge on any atom is 0.310 e. The summed E-state index contributed by atoms with van der Waals surface area (Å²) in [6, 6.07) is 4.63. The van der Waals surface area contributed by atoms with Crippen molar-refractivity contribution in [2.45, 2.75) is 44.9 Å². The highest BCUT2D eigenvalue weighted by Gasteiger charge is 2.29. The first kappa shape index (κ1) is 27.8. The maximum absolute atomic E-state index is 13.5. The molecule has 3 aromatic rings. The van der Waals surface area contributed by atoms with Crippen molar-refractivity contribution in [1.82, 2.24) is 23.8 Å². The molecule has 1 aromatic carbocycles. The molecule has 1 aliphatic rings. The number of methoxy groups -OCH3 is 1. The summed E-state index contributed by atoms with van der Waals surface area (Å²) in [5, 5.41) is 4.74. The normalized spacial score (nSPS) is 15.2. The number of nitrogens with zero attached hydrogens (tertiary/aromatic N) is 4. The molecular formula is C26H35N5O6S. The van der Waals surface area contributed by atoms with Crippen molar-refractivity contribution in [3.8, 4) is 17.1 Å². The third-order valence-corrected chi connectivity index (χ3v) is 8.81. The van der Waals surface area contributed by atoms with E-state index in [1.165, 1.54) is 23.5 Å². The van der Waals surface area contributed by atoms with Gasteiger partial charge in [-0.15, -0.1) is 5.10 Å². The van der Waals surface area contributed by atoms with Gasteiger partial charge in [0.2, 0.25) is 10.0 Å². The fraction of sp³-hybridized carbons (Fsp3) is 0.500. The van der Waals surface area contributed by atoms with Crippen LogP contribution in [0.15, 0.2) is 27.9 Å². The fourth-order valence-electron chi connectivity index (χ4n) is 4.83. The average molecular weight is 546 g/mol. The molecule has 0 atom stereocenters. The van der Waals surface area contributed by atoms with E-state index in [-0.39, 0.29) is 17.1 Å².